The van der Waals surface area contributed by atoms with Crippen LogP contribution in [0.5, 0.6) is 5.75 Å². The molecule has 1 aliphatic rings. The summed E-state index contributed by atoms with van der Waals surface area (Å²) in [5.74, 6) is 0.588. The normalized spacial score (nSPS) is 13.0. The van der Waals surface area contributed by atoms with E-state index in [1.54, 1.807) is 48.4 Å². The van der Waals surface area contributed by atoms with Crippen molar-refractivity contribution in [2.24, 2.45) is 0 Å². The number of ether oxygens (including phenoxy) is 1. The molecular weight excluding hydrogens is 352 g/mol. The maximum Gasteiger partial charge on any atom is 0.255 e. The highest BCUT2D eigenvalue weighted by atomic mass is 16.5. The molecule has 0 aromatic heterocycles. The fourth-order valence-electron chi connectivity index (χ4n) is 3.35. The smallest absolute Gasteiger partial charge is 0.255 e. The molecule has 0 saturated carbocycles. The summed E-state index contributed by atoms with van der Waals surface area (Å²) in [6, 6.07) is 22.2. The number of methoxy groups -OCH3 is 1. The maximum atomic E-state index is 12.5. The molecule has 3 aromatic carbocycles. The van der Waals surface area contributed by atoms with E-state index in [4.69, 9.17) is 4.74 Å². The van der Waals surface area contributed by atoms with Crippen LogP contribution >= 0.6 is 0 Å². The summed E-state index contributed by atoms with van der Waals surface area (Å²) in [5, 5.41) is 2.86. The lowest BCUT2D eigenvalue weighted by atomic mass is 10.0. The number of fused-ring (bicyclic) bond motifs is 1. The van der Waals surface area contributed by atoms with Crippen molar-refractivity contribution in [2.75, 3.05) is 17.3 Å². The summed E-state index contributed by atoms with van der Waals surface area (Å²) in [5.41, 5.74) is 4.04. The third kappa shape index (κ3) is 3.47. The van der Waals surface area contributed by atoms with Gasteiger partial charge in [-0.3, -0.25) is 14.5 Å². The fourth-order valence-corrected chi connectivity index (χ4v) is 3.35. The summed E-state index contributed by atoms with van der Waals surface area (Å²) < 4.78 is 5.12. The summed E-state index contributed by atoms with van der Waals surface area (Å²) >= 11 is 0. The molecule has 0 saturated heterocycles. The van der Waals surface area contributed by atoms with Crippen molar-refractivity contribution in [3.63, 3.8) is 0 Å². The van der Waals surface area contributed by atoms with Crippen molar-refractivity contribution in [1.82, 2.24) is 0 Å². The average Bonchev–Trinajstić information content (AvgIpc) is 2.74. The number of nitrogens with zero attached hydrogens (tertiary/aromatic N) is 1. The van der Waals surface area contributed by atoms with Gasteiger partial charge < -0.3 is 10.1 Å². The largest absolute Gasteiger partial charge is 0.497 e. The van der Waals surface area contributed by atoms with Crippen molar-refractivity contribution in [3.8, 4) is 5.75 Å². The van der Waals surface area contributed by atoms with E-state index in [0.29, 0.717) is 17.7 Å². The van der Waals surface area contributed by atoms with Gasteiger partial charge in [0.05, 0.1) is 12.8 Å². The van der Waals surface area contributed by atoms with E-state index in [9.17, 15) is 9.59 Å². The Hall–Kier alpha value is -3.60. The van der Waals surface area contributed by atoms with Gasteiger partial charge in [0.25, 0.3) is 5.91 Å². The number of aryl methyl sites for hydroxylation is 1. The Labute approximate surface area is 163 Å². The van der Waals surface area contributed by atoms with Crippen LogP contribution in [0.2, 0.25) is 0 Å². The van der Waals surface area contributed by atoms with Crippen molar-refractivity contribution in [2.45, 2.75) is 12.8 Å². The Balaban J connectivity index is 1.54. The van der Waals surface area contributed by atoms with Crippen LogP contribution in [-0.2, 0) is 11.2 Å². The van der Waals surface area contributed by atoms with Gasteiger partial charge in [0.1, 0.15) is 5.75 Å². The molecule has 0 bridgehead atoms. The molecule has 0 unspecified atom stereocenters. The second kappa shape index (κ2) is 7.56. The van der Waals surface area contributed by atoms with Gasteiger partial charge in [0, 0.05) is 23.4 Å². The maximum absolute atomic E-state index is 12.5. The number of nitrogens with one attached hydrogen (secondary N) is 1. The number of amides is 2. The topological polar surface area (TPSA) is 58.6 Å². The zero-order valence-corrected chi connectivity index (χ0v) is 15.5. The fraction of sp³-hybridized carbons (Fsp3) is 0.130. The molecule has 5 heteroatoms. The minimum Gasteiger partial charge on any atom is -0.497 e. The molecule has 0 atom stereocenters. The van der Waals surface area contributed by atoms with E-state index in [1.807, 2.05) is 36.4 Å². The highest BCUT2D eigenvalue weighted by Crippen LogP contribution is 2.34. The van der Waals surface area contributed by atoms with E-state index in [0.717, 1.165) is 29.1 Å². The van der Waals surface area contributed by atoms with Crippen LogP contribution in [0, 0.1) is 0 Å². The first-order valence-electron chi connectivity index (χ1n) is 9.12. The molecule has 1 heterocycles. The SMILES string of the molecule is COc1ccc(NC(=O)c2ccc(N3C(=O)CCc4ccccc43)cc2)cc1. The highest BCUT2D eigenvalue weighted by Gasteiger charge is 2.25. The number of anilines is 3. The van der Waals surface area contributed by atoms with E-state index < -0.39 is 0 Å². The molecule has 28 heavy (non-hydrogen) atoms. The molecule has 2 amide bonds. The van der Waals surface area contributed by atoms with Crippen LogP contribution in [0.1, 0.15) is 22.3 Å². The van der Waals surface area contributed by atoms with E-state index in [1.165, 1.54) is 0 Å². The second-order valence-corrected chi connectivity index (χ2v) is 6.59. The minimum absolute atomic E-state index is 0.0640. The first-order chi connectivity index (χ1) is 13.7. The van der Waals surface area contributed by atoms with Crippen LogP contribution in [-0.4, -0.2) is 18.9 Å². The van der Waals surface area contributed by atoms with Crippen LogP contribution in [0.3, 0.4) is 0 Å². The van der Waals surface area contributed by atoms with Gasteiger partial charge in [-0.15, -0.1) is 0 Å². The third-order valence-electron chi connectivity index (χ3n) is 4.83. The first kappa shape index (κ1) is 17.8. The Bertz CT molecular complexity index is 1010. The third-order valence-corrected chi connectivity index (χ3v) is 4.83. The van der Waals surface area contributed by atoms with Gasteiger partial charge in [0.15, 0.2) is 0 Å². The Morgan fingerprint density at radius 3 is 2.36 bits per heavy atom. The predicted molar refractivity (Wildman–Crippen MR) is 109 cm³/mol. The molecule has 0 radical (unpaired) electrons. The van der Waals surface area contributed by atoms with Gasteiger partial charge in [-0.2, -0.15) is 0 Å². The van der Waals surface area contributed by atoms with E-state index >= 15 is 0 Å². The molecule has 3 aromatic rings. The number of carbonyl (C=O) groups excluding carboxylic acids is 2. The highest BCUT2D eigenvalue weighted by molar-refractivity contribution is 6.06. The Morgan fingerprint density at radius 1 is 0.929 bits per heavy atom. The van der Waals surface area contributed by atoms with E-state index in [2.05, 4.69) is 5.32 Å². The van der Waals surface area contributed by atoms with Gasteiger partial charge in [-0.25, -0.2) is 0 Å². The zero-order valence-electron chi connectivity index (χ0n) is 15.5. The molecule has 0 spiro atoms. The lowest BCUT2D eigenvalue weighted by Gasteiger charge is -2.29. The molecule has 4 rings (SSSR count). The quantitative estimate of drug-likeness (QED) is 0.730. The minimum atomic E-state index is -0.206. The van der Waals surface area contributed by atoms with Crippen LogP contribution < -0.4 is 15.0 Å². The van der Waals surface area contributed by atoms with Crippen LogP contribution in [0.25, 0.3) is 0 Å². The van der Waals surface area contributed by atoms with Gasteiger partial charge in [-0.05, 0) is 66.6 Å². The standard InChI is InChI=1S/C23H20N2O3/c1-28-20-13-9-18(10-14-20)24-23(27)17-6-11-19(12-7-17)25-21-5-3-2-4-16(21)8-15-22(25)26/h2-7,9-14H,8,15H2,1H3,(H,24,27). The Morgan fingerprint density at radius 2 is 1.64 bits per heavy atom. The average molecular weight is 372 g/mol. The number of para-hydroxylation sites is 1. The summed E-state index contributed by atoms with van der Waals surface area (Å²) in [4.78, 5) is 26.7. The molecule has 140 valence electrons. The number of hydrogen-bond donors (Lipinski definition) is 1. The van der Waals surface area contributed by atoms with Crippen molar-refractivity contribution in [3.05, 3.63) is 83.9 Å². The molecular formula is C23H20N2O3. The van der Waals surface area contributed by atoms with E-state index in [-0.39, 0.29) is 11.8 Å². The monoisotopic (exact) mass is 372 g/mol. The van der Waals surface area contributed by atoms with Crippen LogP contribution in [0.15, 0.2) is 72.8 Å². The zero-order chi connectivity index (χ0) is 19.5. The molecule has 1 aliphatic heterocycles. The van der Waals surface area contributed by atoms with Gasteiger partial charge in [0.2, 0.25) is 5.91 Å². The van der Waals surface area contributed by atoms with Crippen molar-refractivity contribution >= 4 is 28.9 Å². The van der Waals surface area contributed by atoms with Crippen molar-refractivity contribution in [1.29, 1.82) is 0 Å². The van der Waals surface area contributed by atoms with Gasteiger partial charge in [-0.1, -0.05) is 18.2 Å². The molecule has 0 aliphatic carbocycles. The first-order valence-corrected chi connectivity index (χ1v) is 9.12. The summed E-state index contributed by atoms with van der Waals surface area (Å²) in [6.07, 6.45) is 1.24. The Kier molecular flexibility index (Phi) is 4.81. The number of carbonyl (C=O) groups is 2. The number of benzene rings is 3. The lowest BCUT2D eigenvalue weighted by molar-refractivity contribution is -0.118. The van der Waals surface area contributed by atoms with Crippen LogP contribution in [0.4, 0.5) is 17.1 Å². The molecule has 0 fully saturated rings. The molecule has 5 nitrogen and oxygen atoms in total. The molecule has 1 N–H and O–H groups in total. The lowest BCUT2D eigenvalue weighted by Crippen LogP contribution is -2.30. The summed E-state index contributed by atoms with van der Waals surface area (Å²) in [6.45, 7) is 0. The number of hydrogen-bond acceptors (Lipinski definition) is 3. The predicted octanol–water partition coefficient (Wildman–Crippen LogP) is 4.56. The summed E-state index contributed by atoms with van der Waals surface area (Å²) in [7, 11) is 1.60. The number of rotatable bonds is 4. The van der Waals surface area contributed by atoms with Gasteiger partial charge >= 0.3 is 0 Å². The van der Waals surface area contributed by atoms with Crippen molar-refractivity contribution < 1.29 is 14.3 Å². The second-order valence-electron chi connectivity index (χ2n) is 6.59.